The van der Waals surface area contributed by atoms with Gasteiger partial charge in [-0.3, -0.25) is 9.69 Å². The zero-order chi connectivity index (χ0) is 20.5. The lowest BCUT2D eigenvalue weighted by atomic mass is 9.91. The Kier molecular flexibility index (Phi) is 5.50. The number of fused-ring (bicyclic) bond motifs is 1. The number of hydrogen-bond donors (Lipinski definition) is 0. The van der Waals surface area contributed by atoms with Gasteiger partial charge in [0, 0.05) is 18.8 Å². The second kappa shape index (κ2) is 8.07. The number of aryl methyl sites for hydroxylation is 1. The van der Waals surface area contributed by atoms with Gasteiger partial charge in [0.05, 0.1) is 26.2 Å². The van der Waals surface area contributed by atoms with Crippen molar-refractivity contribution in [2.45, 2.75) is 39.7 Å². The minimum atomic E-state index is 0.151. The monoisotopic (exact) mass is 394 g/mol. The lowest BCUT2D eigenvalue weighted by Crippen LogP contribution is -2.25. The van der Waals surface area contributed by atoms with Crippen LogP contribution in [0.4, 0.5) is 5.69 Å². The summed E-state index contributed by atoms with van der Waals surface area (Å²) in [7, 11) is 3.42. The fourth-order valence-corrected chi connectivity index (χ4v) is 4.76. The third-order valence-corrected chi connectivity index (χ3v) is 6.15. The number of likely N-dealkylation sites (N-methyl/N-ethyl adjacent to an activating group) is 1. The molecular weight excluding hydrogens is 364 g/mol. The number of rotatable bonds is 6. The fraction of sp³-hybridized carbons (Fsp3) is 0.458. The van der Waals surface area contributed by atoms with E-state index in [4.69, 9.17) is 9.47 Å². The van der Waals surface area contributed by atoms with Crippen molar-refractivity contribution in [1.29, 1.82) is 0 Å². The first kappa shape index (κ1) is 19.8. The molecule has 0 atom stereocenters. The molecule has 0 unspecified atom stereocenters. The first-order valence-corrected chi connectivity index (χ1v) is 10.5. The summed E-state index contributed by atoms with van der Waals surface area (Å²) in [6.07, 6.45) is 2.95. The molecule has 2 aromatic rings. The van der Waals surface area contributed by atoms with Crippen LogP contribution in [0.1, 0.15) is 36.5 Å². The molecule has 2 aliphatic heterocycles. The van der Waals surface area contributed by atoms with E-state index in [1.165, 1.54) is 18.4 Å². The highest BCUT2D eigenvalue weighted by molar-refractivity contribution is 6.05. The van der Waals surface area contributed by atoms with Crippen LogP contribution in [0.5, 0.6) is 11.5 Å². The number of carbonyl (C=O) groups excluding carboxylic acids is 1. The summed E-state index contributed by atoms with van der Waals surface area (Å²) in [4.78, 5) is 16.9. The average Bonchev–Trinajstić information content (AvgIpc) is 3.34. The smallest absolute Gasteiger partial charge is 0.231 e. The fourth-order valence-electron chi connectivity index (χ4n) is 4.76. The van der Waals surface area contributed by atoms with Crippen molar-refractivity contribution in [1.82, 2.24) is 4.90 Å². The van der Waals surface area contributed by atoms with E-state index >= 15 is 0 Å². The largest absolute Gasteiger partial charge is 0.496 e. The standard InChI is InChI=1S/C24H30N2O3/c1-5-26-19-9-8-16(2)23(18(19)14-22(26)27)24-20(28-3)12-17(13-21(24)29-4)15-25-10-6-7-11-25/h8-9,12-13H,5-7,10-11,14-15H2,1-4H3. The van der Waals surface area contributed by atoms with Crippen molar-refractivity contribution in [2.24, 2.45) is 0 Å². The van der Waals surface area contributed by atoms with E-state index in [1.54, 1.807) is 14.2 Å². The maximum Gasteiger partial charge on any atom is 0.231 e. The molecule has 5 heteroatoms. The third kappa shape index (κ3) is 3.48. The maximum atomic E-state index is 12.6. The van der Waals surface area contributed by atoms with Gasteiger partial charge < -0.3 is 14.4 Å². The van der Waals surface area contributed by atoms with Crippen molar-refractivity contribution in [3.8, 4) is 22.6 Å². The highest BCUT2D eigenvalue weighted by Crippen LogP contribution is 2.47. The van der Waals surface area contributed by atoms with Gasteiger partial charge in [0.25, 0.3) is 0 Å². The number of methoxy groups -OCH3 is 2. The summed E-state index contributed by atoms with van der Waals surface area (Å²) < 4.78 is 11.7. The maximum absolute atomic E-state index is 12.6. The zero-order valence-corrected chi connectivity index (χ0v) is 17.9. The van der Waals surface area contributed by atoms with Crippen LogP contribution in [0.3, 0.4) is 0 Å². The Balaban J connectivity index is 1.85. The molecule has 0 radical (unpaired) electrons. The predicted molar refractivity (Wildman–Crippen MR) is 116 cm³/mol. The van der Waals surface area contributed by atoms with Crippen LogP contribution in [-0.2, 0) is 17.8 Å². The van der Waals surface area contributed by atoms with Gasteiger partial charge in [0.15, 0.2) is 0 Å². The van der Waals surface area contributed by atoms with E-state index < -0.39 is 0 Å². The molecule has 0 spiro atoms. The lowest BCUT2D eigenvalue weighted by molar-refractivity contribution is -0.117. The van der Waals surface area contributed by atoms with Gasteiger partial charge >= 0.3 is 0 Å². The predicted octanol–water partition coefficient (Wildman–Crippen LogP) is 4.18. The van der Waals surface area contributed by atoms with E-state index in [-0.39, 0.29) is 5.91 Å². The van der Waals surface area contributed by atoms with Gasteiger partial charge in [-0.05, 0) is 80.2 Å². The summed E-state index contributed by atoms with van der Waals surface area (Å²) in [6.45, 7) is 7.98. The second-order valence-corrected chi connectivity index (χ2v) is 7.93. The van der Waals surface area contributed by atoms with Gasteiger partial charge in [-0.1, -0.05) is 6.07 Å². The Hall–Kier alpha value is -2.53. The van der Waals surface area contributed by atoms with Crippen LogP contribution in [0.2, 0.25) is 0 Å². The van der Waals surface area contributed by atoms with Crippen LogP contribution >= 0.6 is 0 Å². The number of anilines is 1. The minimum Gasteiger partial charge on any atom is -0.496 e. The summed E-state index contributed by atoms with van der Waals surface area (Å²) in [5.74, 6) is 1.76. The van der Waals surface area contributed by atoms with Gasteiger partial charge in [0.2, 0.25) is 5.91 Å². The average molecular weight is 395 g/mol. The van der Waals surface area contributed by atoms with E-state index in [9.17, 15) is 4.79 Å². The summed E-state index contributed by atoms with van der Waals surface area (Å²) in [6, 6.07) is 8.41. The molecule has 154 valence electrons. The molecular formula is C24H30N2O3. The third-order valence-electron chi connectivity index (χ3n) is 6.15. The molecule has 1 fully saturated rings. The quantitative estimate of drug-likeness (QED) is 0.737. The minimum absolute atomic E-state index is 0.151. The first-order chi connectivity index (χ1) is 14.1. The highest BCUT2D eigenvalue weighted by atomic mass is 16.5. The molecule has 0 aromatic heterocycles. The molecule has 4 rings (SSSR count). The molecule has 1 saturated heterocycles. The number of hydrogen-bond acceptors (Lipinski definition) is 4. The molecule has 2 aliphatic rings. The topological polar surface area (TPSA) is 42.0 Å². The second-order valence-electron chi connectivity index (χ2n) is 7.93. The van der Waals surface area contributed by atoms with Crippen LogP contribution in [0, 0.1) is 6.92 Å². The number of nitrogens with zero attached hydrogens (tertiary/aromatic N) is 2. The Bertz CT molecular complexity index is 907. The summed E-state index contributed by atoms with van der Waals surface area (Å²) >= 11 is 0. The molecule has 0 N–H and O–H groups in total. The normalized spacial score (nSPS) is 16.4. The summed E-state index contributed by atoms with van der Waals surface area (Å²) in [5, 5.41) is 0. The number of carbonyl (C=O) groups is 1. The van der Waals surface area contributed by atoms with Crippen molar-refractivity contribution >= 4 is 11.6 Å². The number of amides is 1. The molecule has 29 heavy (non-hydrogen) atoms. The van der Waals surface area contributed by atoms with E-state index in [0.29, 0.717) is 13.0 Å². The Morgan fingerprint density at radius 2 is 1.66 bits per heavy atom. The number of benzene rings is 2. The van der Waals surface area contributed by atoms with E-state index in [0.717, 1.165) is 59.1 Å². The molecule has 0 bridgehead atoms. The first-order valence-electron chi connectivity index (χ1n) is 10.5. The van der Waals surface area contributed by atoms with Gasteiger partial charge in [-0.15, -0.1) is 0 Å². The van der Waals surface area contributed by atoms with E-state index in [2.05, 4.69) is 36.1 Å². The highest BCUT2D eigenvalue weighted by Gasteiger charge is 2.31. The number of ether oxygens (including phenoxy) is 2. The van der Waals surface area contributed by atoms with Crippen LogP contribution in [0.25, 0.3) is 11.1 Å². The zero-order valence-electron chi connectivity index (χ0n) is 17.9. The molecule has 0 saturated carbocycles. The Morgan fingerprint density at radius 3 is 2.24 bits per heavy atom. The van der Waals surface area contributed by atoms with Crippen molar-refractivity contribution in [3.63, 3.8) is 0 Å². The SMILES string of the molecule is CCN1C(=O)Cc2c1ccc(C)c2-c1c(OC)cc(CN2CCCC2)cc1OC. The van der Waals surface area contributed by atoms with Crippen LogP contribution < -0.4 is 14.4 Å². The molecule has 5 nitrogen and oxygen atoms in total. The number of likely N-dealkylation sites (tertiary alicyclic amines) is 1. The van der Waals surface area contributed by atoms with Gasteiger partial charge in [0.1, 0.15) is 11.5 Å². The van der Waals surface area contributed by atoms with Crippen LogP contribution in [0.15, 0.2) is 24.3 Å². The van der Waals surface area contributed by atoms with Crippen molar-refractivity contribution < 1.29 is 14.3 Å². The lowest BCUT2D eigenvalue weighted by Gasteiger charge is -2.22. The van der Waals surface area contributed by atoms with Gasteiger partial charge in [-0.2, -0.15) is 0 Å². The molecule has 1 amide bonds. The molecule has 0 aliphatic carbocycles. The van der Waals surface area contributed by atoms with Crippen molar-refractivity contribution in [3.05, 3.63) is 41.0 Å². The van der Waals surface area contributed by atoms with E-state index in [1.807, 2.05) is 11.8 Å². The Morgan fingerprint density at radius 1 is 1.00 bits per heavy atom. The summed E-state index contributed by atoms with van der Waals surface area (Å²) in [5.41, 5.74) is 6.40. The molecule has 2 heterocycles. The van der Waals surface area contributed by atoms with Gasteiger partial charge in [-0.25, -0.2) is 0 Å². The van der Waals surface area contributed by atoms with Crippen molar-refractivity contribution in [2.75, 3.05) is 38.8 Å². The molecule has 2 aromatic carbocycles. The van der Waals surface area contributed by atoms with Crippen LogP contribution in [-0.4, -0.2) is 44.7 Å². The Labute approximate surface area is 173 Å².